The highest BCUT2D eigenvalue weighted by Crippen LogP contribution is 2.34. The molecule has 0 bridgehead atoms. The maximum atomic E-state index is 12.9. The number of nitriles is 1. The van der Waals surface area contributed by atoms with Gasteiger partial charge in [-0.1, -0.05) is 32.0 Å². The van der Waals surface area contributed by atoms with E-state index in [4.69, 9.17) is 9.47 Å². The molecular formula is C32H37N3O4. The summed E-state index contributed by atoms with van der Waals surface area (Å²) >= 11 is 0. The van der Waals surface area contributed by atoms with E-state index >= 15 is 0 Å². The normalized spacial score (nSPS) is 15.3. The Balaban J connectivity index is 0.00000172. The summed E-state index contributed by atoms with van der Waals surface area (Å²) < 4.78 is 11.7. The zero-order valence-corrected chi connectivity index (χ0v) is 23.5. The van der Waals surface area contributed by atoms with Gasteiger partial charge in [-0.05, 0) is 79.1 Å². The first-order chi connectivity index (χ1) is 18.7. The number of hydrogen-bond donors (Lipinski definition) is 0. The van der Waals surface area contributed by atoms with Crippen LogP contribution in [0.5, 0.6) is 5.75 Å². The second kappa shape index (κ2) is 11.8. The Bertz CT molecular complexity index is 1390. The Labute approximate surface area is 230 Å². The molecule has 0 aromatic heterocycles. The van der Waals surface area contributed by atoms with Crippen molar-refractivity contribution >= 4 is 28.5 Å². The van der Waals surface area contributed by atoms with Crippen LogP contribution in [0.4, 0.5) is 10.5 Å². The SMILES string of the molecule is CC.CC(C)(C)OC(=O)N1CCC(Oc2ccc3c(c2)CC(=O)N3Cc2ccc3ccc(C#N)cc3c2)CC1. The third-order valence-electron chi connectivity index (χ3n) is 6.76. The van der Waals surface area contributed by atoms with Crippen molar-refractivity contribution in [3.05, 3.63) is 71.3 Å². The lowest BCUT2D eigenvalue weighted by Crippen LogP contribution is -2.44. The van der Waals surface area contributed by atoms with Crippen LogP contribution < -0.4 is 9.64 Å². The zero-order chi connectivity index (χ0) is 28.2. The molecular weight excluding hydrogens is 490 g/mol. The molecule has 39 heavy (non-hydrogen) atoms. The molecule has 0 radical (unpaired) electrons. The molecule has 1 fully saturated rings. The summed E-state index contributed by atoms with van der Waals surface area (Å²) in [6.07, 6.45) is 1.55. The number of fused-ring (bicyclic) bond motifs is 2. The van der Waals surface area contributed by atoms with Gasteiger partial charge in [0, 0.05) is 31.6 Å². The van der Waals surface area contributed by atoms with Crippen LogP contribution >= 0.6 is 0 Å². The molecule has 7 heteroatoms. The van der Waals surface area contributed by atoms with Crippen LogP contribution in [0.15, 0.2) is 54.6 Å². The van der Waals surface area contributed by atoms with Gasteiger partial charge < -0.3 is 19.3 Å². The molecule has 0 atom stereocenters. The highest BCUT2D eigenvalue weighted by molar-refractivity contribution is 6.01. The molecule has 204 valence electrons. The summed E-state index contributed by atoms with van der Waals surface area (Å²) in [6, 6.07) is 19.8. The molecule has 2 heterocycles. The zero-order valence-electron chi connectivity index (χ0n) is 23.5. The number of ether oxygens (including phenoxy) is 2. The number of carbonyl (C=O) groups excluding carboxylic acids is 2. The minimum atomic E-state index is -0.505. The molecule has 0 unspecified atom stereocenters. The Kier molecular flexibility index (Phi) is 8.44. The molecule has 2 amide bonds. The average molecular weight is 528 g/mol. The van der Waals surface area contributed by atoms with Crippen LogP contribution in [-0.2, 0) is 22.5 Å². The van der Waals surface area contributed by atoms with Crippen molar-refractivity contribution in [3.63, 3.8) is 0 Å². The summed E-state index contributed by atoms with van der Waals surface area (Å²) in [6.45, 7) is 11.3. The van der Waals surface area contributed by atoms with Gasteiger partial charge in [-0.15, -0.1) is 0 Å². The maximum absolute atomic E-state index is 12.9. The molecule has 0 spiro atoms. The first-order valence-electron chi connectivity index (χ1n) is 13.7. The van der Waals surface area contributed by atoms with Gasteiger partial charge in [0.15, 0.2) is 0 Å². The third-order valence-corrected chi connectivity index (χ3v) is 6.76. The van der Waals surface area contributed by atoms with E-state index in [1.807, 2.05) is 94.1 Å². The van der Waals surface area contributed by atoms with Gasteiger partial charge in [-0.25, -0.2) is 4.79 Å². The number of carbonyl (C=O) groups is 2. The van der Waals surface area contributed by atoms with Gasteiger partial charge in [0.05, 0.1) is 24.6 Å². The van der Waals surface area contributed by atoms with Gasteiger partial charge >= 0.3 is 6.09 Å². The molecule has 3 aromatic carbocycles. The molecule has 0 aliphatic carbocycles. The van der Waals surface area contributed by atoms with E-state index in [1.165, 1.54) is 0 Å². The monoisotopic (exact) mass is 527 g/mol. The molecule has 1 saturated heterocycles. The number of rotatable bonds is 4. The van der Waals surface area contributed by atoms with Crippen molar-refractivity contribution in [1.29, 1.82) is 5.26 Å². The quantitative estimate of drug-likeness (QED) is 0.381. The van der Waals surface area contributed by atoms with E-state index in [-0.39, 0.29) is 18.1 Å². The molecule has 3 aromatic rings. The summed E-state index contributed by atoms with van der Waals surface area (Å²) in [7, 11) is 0. The van der Waals surface area contributed by atoms with Crippen molar-refractivity contribution in [2.24, 2.45) is 0 Å². The van der Waals surface area contributed by atoms with Crippen molar-refractivity contribution in [2.75, 3.05) is 18.0 Å². The third kappa shape index (κ3) is 6.69. The Morgan fingerprint density at radius 2 is 1.72 bits per heavy atom. The molecule has 2 aliphatic heterocycles. The van der Waals surface area contributed by atoms with E-state index < -0.39 is 5.60 Å². The first kappa shape index (κ1) is 28.0. The number of piperidine rings is 1. The summed E-state index contributed by atoms with van der Waals surface area (Å²) in [5.41, 5.74) is 3.00. The molecule has 2 aliphatic rings. The van der Waals surface area contributed by atoms with E-state index in [9.17, 15) is 14.9 Å². The van der Waals surface area contributed by atoms with Crippen LogP contribution in [-0.4, -0.2) is 41.7 Å². The van der Waals surface area contributed by atoms with Gasteiger partial charge in [0.1, 0.15) is 17.5 Å². The minimum absolute atomic E-state index is 0.0147. The largest absolute Gasteiger partial charge is 0.490 e. The number of hydrogen-bond acceptors (Lipinski definition) is 5. The topological polar surface area (TPSA) is 82.9 Å². The van der Waals surface area contributed by atoms with Crippen LogP contribution in [0.3, 0.4) is 0 Å². The predicted octanol–water partition coefficient (Wildman–Crippen LogP) is 6.61. The van der Waals surface area contributed by atoms with Crippen LogP contribution in [0, 0.1) is 11.3 Å². The minimum Gasteiger partial charge on any atom is -0.490 e. The fourth-order valence-electron chi connectivity index (χ4n) is 4.93. The van der Waals surface area contributed by atoms with E-state index in [2.05, 4.69) is 6.07 Å². The first-order valence-corrected chi connectivity index (χ1v) is 13.7. The number of anilines is 1. The average Bonchev–Trinajstić information content (AvgIpc) is 3.22. The Hall–Kier alpha value is -4.05. The smallest absolute Gasteiger partial charge is 0.410 e. The summed E-state index contributed by atoms with van der Waals surface area (Å²) in [4.78, 5) is 28.7. The van der Waals surface area contributed by atoms with E-state index in [1.54, 1.807) is 4.90 Å². The van der Waals surface area contributed by atoms with Crippen LogP contribution in [0.2, 0.25) is 0 Å². The lowest BCUT2D eigenvalue weighted by atomic mass is 10.0. The highest BCUT2D eigenvalue weighted by Gasteiger charge is 2.30. The van der Waals surface area contributed by atoms with Crippen LogP contribution in [0.25, 0.3) is 10.8 Å². The number of amides is 2. The van der Waals surface area contributed by atoms with Gasteiger partial charge in [-0.3, -0.25) is 4.79 Å². The molecule has 7 nitrogen and oxygen atoms in total. The molecule has 0 N–H and O–H groups in total. The molecule has 0 saturated carbocycles. The maximum Gasteiger partial charge on any atom is 0.410 e. The lowest BCUT2D eigenvalue weighted by Gasteiger charge is -2.33. The summed E-state index contributed by atoms with van der Waals surface area (Å²) in [5, 5.41) is 11.3. The van der Waals surface area contributed by atoms with Gasteiger partial charge in [-0.2, -0.15) is 5.26 Å². The van der Waals surface area contributed by atoms with Crippen molar-refractivity contribution in [2.45, 2.75) is 72.1 Å². The van der Waals surface area contributed by atoms with E-state index in [0.717, 1.165) is 46.2 Å². The number of nitrogens with zero attached hydrogens (tertiary/aromatic N) is 3. The molecule has 5 rings (SSSR count). The van der Waals surface area contributed by atoms with Crippen molar-refractivity contribution in [3.8, 4) is 11.8 Å². The second-order valence-electron chi connectivity index (χ2n) is 10.7. The Morgan fingerprint density at radius 1 is 1.00 bits per heavy atom. The van der Waals surface area contributed by atoms with Crippen LogP contribution in [0.1, 0.15) is 64.2 Å². The highest BCUT2D eigenvalue weighted by atomic mass is 16.6. The van der Waals surface area contributed by atoms with Crippen molar-refractivity contribution in [1.82, 2.24) is 4.90 Å². The van der Waals surface area contributed by atoms with Gasteiger partial charge in [0.25, 0.3) is 0 Å². The number of likely N-dealkylation sites (tertiary alicyclic amines) is 1. The number of benzene rings is 3. The fraction of sp³-hybridized carbons (Fsp3) is 0.406. The second-order valence-corrected chi connectivity index (χ2v) is 10.7. The van der Waals surface area contributed by atoms with Gasteiger partial charge in [0.2, 0.25) is 5.91 Å². The Morgan fingerprint density at radius 3 is 2.41 bits per heavy atom. The fourth-order valence-corrected chi connectivity index (χ4v) is 4.93. The predicted molar refractivity (Wildman–Crippen MR) is 153 cm³/mol. The van der Waals surface area contributed by atoms with Crippen molar-refractivity contribution < 1.29 is 19.1 Å². The lowest BCUT2D eigenvalue weighted by molar-refractivity contribution is -0.117. The van der Waals surface area contributed by atoms with E-state index in [0.29, 0.717) is 31.6 Å². The standard InChI is InChI=1S/C30H31N3O4.C2H6/c1-30(2,3)37-29(35)32-12-10-25(11-13-32)36-26-8-9-27-24(16-26)17-28(34)33(27)19-21-5-7-22-6-4-20(18-31)14-23(22)15-21;1-2/h4-9,14-16,25H,10-13,17,19H2,1-3H3;1-2H3. The summed E-state index contributed by atoms with van der Waals surface area (Å²) in [5.74, 6) is 0.808.